The average molecular weight is 239 g/mol. The minimum atomic E-state index is -0.178. The Bertz CT molecular complexity index is 349. The number of ether oxygens (including phenoxy) is 1. The van der Waals surface area contributed by atoms with Gasteiger partial charge in [0.05, 0.1) is 31.1 Å². The second kappa shape index (κ2) is 7.06. The van der Waals surface area contributed by atoms with Crippen LogP contribution in [0.4, 0.5) is 0 Å². The summed E-state index contributed by atoms with van der Waals surface area (Å²) in [7, 11) is 0. The maximum absolute atomic E-state index is 11.5. The summed E-state index contributed by atoms with van der Waals surface area (Å²) in [6, 6.07) is -0.0264. The van der Waals surface area contributed by atoms with Crippen LogP contribution in [0.5, 0.6) is 0 Å². The van der Waals surface area contributed by atoms with E-state index in [0.717, 1.165) is 18.8 Å². The number of rotatable bonds is 7. The van der Waals surface area contributed by atoms with Crippen molar-refractivity contribution in [3.63, 3.8) is 0 Å². The highest BCUT2D eigenvalue weighted by Gasteiger charge is 2.18. The number of aromatic nitrogens is 2. The standard InChI is InChI=1S/C12H21N3O2/c1-4-14-10(7-12(16)17-6-3)11-8-13-9-15(11)5-2/h8-10,14H,4-7H2,1-3H3. The zero-order chi connectivity index (χ0) is 12.7. The van der Waals surface area contributed by atoms with Crippen LogP contribution < -0.4 is 5.32 Å². The van der Waals surface area contributed by atoms with Crippen molar-refractivity contribution < 1.29 is 9.53 Å². The second-order valence-electron chi connectivity index (χ2n) is 3.72. The molecule has 0 saturated heterocycles. The Kier molecular flexibility index (Phi) is 5.69. The van der Waals surface area contributed by atoms with E-state index in [4.69, 9.17) is 4.74 Å². The third-order valence-corrected chi connectivity index (χ3v) is 2.57. The van der Waals surface area contributed by atoms with E-state index >= 15 is 0 Å². The van der Waals surface area contributed by atoms with E-state index in [0.29, 0.717) is 13.0 Å². The molecule has 0 aromatic carbocycles. The van der Waals surface area contributed by atoms with Crippen molar-refractivity contribution >= 4 is 5.97 Å². The quantitative estimate of drug-likeness (QED) is 0.733. The van der Waals surface area contributed by atoms with E-state index < -0.39 is 0 Å². The number of carbonyl (C=O) groups is 1. The highest BCUT2D eigenvalue weighted by atomic mass is 16.5. The third-order valence-electron chi connectivity index (χ3n) is 2.57. The number of esters is 1. The number of carbonyl (C=O) groups excluding carboxylic acids is 1. The number of hydrogen-bond donors (Lipinski definition) is 1. The molecule has 1 unspecified atom stereocenters. The molecule has 0 aliphatic rings. The Morgan fingerprint density at radius 2 is 2.29 bits per heavy atom. The summed E-state index contributed by atoms with van der Waals surface area (Å²) < 4.78 is 7.02. The topological polar surface area (TPSA) is 56.1 Å². The lowest BCUT2D eigenvalue weighted by atomic mass is 10.1. The van der Waals surface area contributed by atoms with Crippen molar-refractivity contribution in [1.29, 1.82) is 0 Å². The van der Waals surface area contributed by atoms with Crippen molar-refractivity contribution in [3.8, 4) is 0 Å². The minimum Gasteiger partial charge on any atom is -0.466 e. The lowest BCUT2D eigenvalue weighted by Crippen LogP contribution is -2.26. The SMILES string of the molecule is CCNC(CC(=O)OCC)c1cncn1CC. The lowest BCUT2D eigenvalue weighted by molar-refractivity contribution is -0.143. The molecular formula is C12H21N3O2. The van der Waals surface area contributed by atoms with Gasteiger partial charge in [-0.05, 0) is 20.4 Å². The normalized spacial score (nSPS) is 12.4. The van der Waals surface area contributed by atoms with Crippen LogP contribution in [0, 0.1) is 0 Å². The zero-order valence-corrected chi connectivity index (χ0v) is 10.8. The van der Waals surface area contributed by atoms with Gasteiger partial charge in [-0.2, -0.15) is 0 Å². The number of nitrogens with zero attached hydrogens (tertiary/aromatic N) is 2. The summed E-state index contributed by atoms with van der Waals surface area (Å²) in [5.74, 6) is -0.178. The van der Waals surface area contributed by atoms with Gasteiger partial charge in [0.2, 0.25) is 0 Å². The molecule has 0 aliphatic heterocycles. The molecule has 1 atom stereocenters. The lowest BCUT2D eigenvalue weighted by Gasteiger charge is -2.18. The first-order valence-electron chi connectivity index (χ1n) is 6.11. The first-order chi connectivity index (χ1) is 8.22. The molecule has 17 heavy (non-hydrogen) atoms. The van der Waals surface area contributed by atoms with Gasteiger partial charge < -0.3 is 14.6 Å². The molecular weight excluding hydrogens is 218 g/mol. The van der Waals surface area contributed by atoms with E-state index in [1.54, 1.807) is 12.5 Å². The maximum atomic E-state index is 11.5. The van der Waals surface area contributed by atoms with Gasteiger partial charge in [-0.25, -0.2) is 4.98 Å². The predicted octanol–water partition coefficient (Wildman–Crippen LogP) is 1.51. The van der Waals surface area contributed by atoms with Gasteiger partial charge >= 0.3 is 5.97 Å². The number of hydrogen-bond acceptors (Lipinski definition) is 4. The summed E-state index contributed by atoms with van der Waals surface area (Å²) in [6.07, 6.45) is 3.92. The van der Waals surface area contributed by atoms with Crippen molar-refractivity contribution in [3.05, 3.63) is 18.2 Å². The van der Waals surface area contributed by atoms with Crippen molar-refractivity contribution in [2.24, 2.45) is 0 Å². The van der Waals surface area contributed by atoms with Crippen LogP contribution in [0.25, 0.3) is 0 Å². The molecule has 0 bridgehead atoms. The van der Waals surface area contributed by atoms with Crippen molar-refractivity contribution in [2.75, 3.05) is 13.2 Å². The minimum absolute atomic E-state index is 0.0264. The third kappa shape index (κ3) is 3.85. The molecule has 1 rings (SSSR count). The van der Waals surface area contributed by atoms with Crippen molar-refractivity contribution in [2.45, 2.75) is 39.8 Å². The number of imidazole rings is 1. The first-order valence-corrected chi connectivity index (χ1v) is 6.11. The van der Waals surface area contributed by atoms with E-state index in [9.17, 15) is 4.79 Å². The summed E-state index contributed by atoms with van der Waals surface area (Å²) in [5.41, 5.74) is 1.03. The fourth-order valence-corrected chi connectivity index (χ4v) is 1.80. The fourth-order valence-electron chi connectivity index (χ4n) is 1.80. The van der Waals surface area contributed by atoms with Gasteiger partial charge in [0.25, 0.3) is 0 Å². The Balaban J connectivity index is 2.74. The number of nitrogens with one attached hydrogen (secondary N) is 1. The summed E-state index contributed by atoms with van der Waals surface area (Å²) in [6.45, 7) is 7.96. The van der Waals surface area contributed by atoms with Crippen LogP contribution in [0.3, 0.4) is 0 Å². The van der Waals surface area contributed by atoms with Crippen LogP contribution in [-0.2, 0) is 16.1 Å². The Morgan fingerprint density at radius 1 is 1.53 bits per heavy atom. The van der Waals surface area contributed by atoms with Gasteiger partial charge in [-0.1, -0.05) is 6.92 Å². The van der Waals surface area contributed by atoms with E-state index in [2.05, 4.69) is 17.2 Å². The Hall–Kier alpha value is -1.36. The van der Waals surface area contributed by atoms with Gasteiger partial charge in [0.1, 0.15) is 0 Å². The zero-order valence-electron chi connectivity index (χ0n) is 10.8. The largest absolute Gasteiger partial charge is 0.466 e. The van der Waals surface area contributed by atoms with E-state index in [1.165, 1.54) is 0 Å². The van der Waals surface area contributed by atoms with Gasteiger partial charge in [0, 0.05) is 12.7 Å². The maximum Gasteiger partial charge on any atom is 0.307 e. The van der Waals surface area contributed by atoms with E-state index in [-0.39, 0.29) is 12.0 Å². The average Bonchev–Trinajstić information content (AvgIpc) is 2.76. The van der Waals surface area contributed by atoms with Crippen LogP contribution in [0.15, 0.2) is 12.5 Å². The molecule has 0 aliphatic carbocycles. The molecule has 0 radical (unpaired) electrons. The highest BCUT2D eigenvalue weighted by molar-refractivity contribution is 5.70. The van der Waals surface area contributed by atoms with Gasteiger partial charge in [0.15, 0.2) is 0 Å². The monoisotopic (exact) mass is 239 g/mol. The number of aryl methyl sites for hydroxylation is 1. The molecule has 96 valence electrons. The predicted molar refractivity (Wildman–Crippen MR) is 65.6 cm³/mol. The second-order valence-corrected chi connectivity index (χ2v) is 3.72. The molecule has 5 heteroatoms. The smallest absolute Gasteiger partial charge is 0.307 e. The van der Waals surface area contributed by atoms with Gasteiger partial charge in [-0.15, -0.1) is 0 Å². The van der Waals surface area contributed by atoms with Crippen LogP contribution in [0.2, 0.25) is 0 Å². The summed E-state index contributed by atoms with van der Waals surface area (Å²) >= 11 is 0. The molecule has 0 spiro atoms. The van der Waals surface area contributed by atoms with Crippen LogP contribution >= 0.6 is 0 Å². The highest BCUT2D eigenvalue weighted by Crippen LogP contribution is 2.17. The van der Waals surface area contributed by atoms with E-state index in [1.807, 2.05) is 18.4 Å². The van der Waals surface area contributed by atoms with Crippen LogP contribution in [-0.4, -0.2) is 28.7 Å². The first kappa shape index (κ1) is 13.7. The molecule has 0 fully saturated rings. The molecule has 0 amide bonds. The molecule has 1 aromatic heterocycles. The summed E-state index contributed by atoms with van der Waals surface area (Å²) in [4.78, 5) is 15.7. The Labute approximate surface area is 102 Å². The van der Waals surface area contributed by atoms with Crippen molar-refractivity contribution in [1.82, 2.24) is 14.9 Å². The molecule has 1 aromatic rings. The summed E-state index contributed by atoms with van der Waals surface area (Å²) in [5, 5.41) is 3.29. The van der Waals surface area contributed by atoms with Gasteiger partial charge in [-0.3, -0.25) is 4.79 Å². The Morgan fingerprint density at radius 3 is 2.88 bits per heavy atom. The van der Waals surface area contributed by atoms with Crippen LogP contribution in [0.1, 0.15) is 38.9 Å². The molecule has 0 saturated carbocycles. The fraction of sp³-hybridized carbons (Fsp3) is 0.667. The molecule has 1 heterocycles. The molecule has 1 N–H and O–H groups in total. The molecule has 5 nitrogen and oxygen atoms in total.